The summed E-state index contributed by atoms with van der Waals surface area (Å²) < 4.78 is 12.1. The molecule has 0 radical (unpaired) electrons. The second kappa shape index (κ2) is 5.90. The average molecular weight is 494 g/mol. The van der Waals surface area contributed by atoms with Gasteiger partial charge in [-0.15, -0.1) is 0 Å². The summed E-state index contributed by atoms with van der Waals surface area (Å²) in [5, 5.41) is 17.7. The number of piperidine rings is 2. The van der Waals surface area contributed by atoms with Crippen LogP contribution in [-0.2, 0) is 19.8 Å². The van der Waals surface area contributed by atoms with Gasteiger partial charge in [-0.05, 0) is 62.7 Å². The zero-order valence-corrected chi connectivity index (χ0v) is 21.2. The Labute approximate surface area is 209 Å². The van der Waals surface area contributed by atoms with Gasteiger partial charge in [0.1, 0.15) is 11.2 Å². The number of nitrogens with zero attached hydrogens (tertiary/aromatic N) is 1. The fourth-order valence-electron chi connectivity index (χ4n) is 8.54. The molecule has 6 aliphatic heterocycles. The largest absolute Gasteiger partial charge is 0.480 e. The zero-order valence-electron chi connectivity index (χ0n) is 21.2. The van der Waals surface area contributed by atoms with Crippen molar-refractivity contribution in [1.82, 2.24) is 10.2 Å². The lowest BCUT2D eigenvalue weighted by Crippen LogP contribution is -2.82. The molecule has 9 nitrogen and oxygen atoms in total. The predicted octanol–water partition coefficient (Wildman–Crippen LogP) is 1.98. The van der Waals surface area contributed by atoms with Gasteiger partial charge in [-0.3, -0.25) is 14.4 Å². The van der Waals surface area contributed by atoms with Crippen LogP contribution >= 0.6 is 0 Å². The Morgan fingerprint density at radius 2 is 1.83 bits per heavy atom. The van der Waals surface area contributed by atoms with Crippen molar-refractivity contribution < 1.29 is 29.0 Å². The van der Waals surface area contributed by atoms with Crippen molar-refractivity contribution in [2.24, 2.45) is 11.3 Å². The van der Waals surface area contributed by atoms with Gasteiger partial charge in [0.05, 0.1) is 29.3 Å². The van der Waals surface area contributed by atoms with E-state index in [2.05, 4.69) is 24.5 Å². The predicted molar refractivity (Wildman–Crippen MR) is 128 cm³/mol. The van der Waals surface area contributed by atoms with Crippen LogP contribution in [0.2, 0.25) is 0 Å². The van der Waals surface area contributed by atoms with Crippen molar-refractivity contribution in [3.05, 3.63) is 30.0 Å². The van der Waals surface area contributed by atoms with Gasteiger partial charge in [-0.2, -0.15) is 0 Å². The molecule has 6 heterocycles. The standard InChI is InChI=1S/C27H31N3O6/c1-22(2)8-9-35-19-15(36-22)7-6-14-18(19)28-20(32)26(14)12-25-13-30-17(31)11-24(5,34)27(30,21(33)29-25)10-16(25)23(26,3)4/h6-9,16,34H,10-13H2,1-5H3,(H,28,32)(H,29,33)/t16-,24+,25+,26+,27-/m0/s1. The molecule has 190 valence electrons. The maximum Gasteiger partial charge on any atom is 0.249 e. The third-order valence-electron chi connectivity index (χ3n) is 10.3. The van der Waals surface area contributed by atoms with E-state index in [4.69, 9.17) is 9.47 Å². The smallest absolute Gasteiger partial charge is 0.249 e. The van der Waals surface area contributed by atoms with E-state index >= 15 is 0 Å². The second-order valence-corrected chi connectivity index (χ2v) is 12.9. The minimum Gasteiger partial charge on any atom is -0.480 e. The van der Waals surface area contributed by atoms with E-state index in [-0.39, 0.29) is 36.6 Å². The molecule has 0 unspecified atom stereocenters. The summed E-state index contributed by atoms with van der Waals surface area (Å²) in [6, 6.07) is 3.78. The number of carbonyl (C=O) groups excluding carboxylic acids is 3. The number of aliphatic hydroxyl groups is 1. The first-order valence-electron chi connectivity index (χ1n) is 12.6. The lowest BCUT2D eigenvalue weighted by molar-refractivity contribution is -0.181. The van der Waals surface area contributed by atoms with Crippen molar-refractivity contribution in [2.45, 2.75) is 81.6 Å². The molecule has 5 fully saturated rings. The number of hydrogen-bond acceptors (Lipinski definition) is 6. The first kappa shape index (κ1) is 22.2. The number of nitrogens with one attached hydrogen (secondary N) is 2. The molecule has 7 aliphatic rings. The number of benzene rings is 1. The SMILES string of the molecule is CC1(C)C=COc2c(ccc3c2NC(=O)[C@@]32C[C@@]34CN5C(=O)C[C@@](C)(O)[C@]5(C[C@H]3C2(C)C)C(=O)N4)O1. The summed E-state index contributed by atoms with van der Waals surface area (Å²) in [6.07, 6.45) is 4.00. The Morgan fingerprint density at radius 3 is 2.58 bits per heavy atom. The number of piperazine rings is 1. The molecule has 5 atom stereocenters. The normalized spacial score (nSPS) is 42.1. The molecular formula is C27H31N3O6. The number of fused-ring (bicyclic) bond motifs is 5. The average Bonchev–Trinajstić information content (AvgIpc) is 3.18. The quantitative estimate of drug-likeness (QED) is 0.509. The van der Waals surface area contributed by atoms with E-state index in [9.17, 15) is 19.5 Å². The fraction of sp³-hybridized carbons (Fsp3) is 0.593. The molecule has 1 aromatic rings. The summed E-state index contributed by atoms with van der Waals surface area (Å²) >= 11 is 0. The Kier molecular flexibility index (Phi) is 3.63. The highest BCUT2D eigenvalue weighted by Gasteiger charge is 2.81. The first-order valence-corrected chi connectivity index (χ1v) is 12.6. The van der Waals surface area contributed by atoms with Crippen molar-refractivity contribution in [1.29, 1.82) is 0 Å². The van der Waals surface area contributed by atoms with E-state index in [0.29, 0.717) is 30.0 Å². The van der Waals surface area contributed by atoms with E-state index in [1.165, 1.54) is 0 Å². The van der Waals surface area contributed by atoms with Crippen LogP contribution in [0.1, 0.15) is 59.4 Å². The molecule has 3 spiro atoms. The van der Waals surface area contributed by atoms with Gasteiger partial charge in [0.25, 0.3) is 0 Å². The van der Waals surface area contributed by atoms with Gasteiger partial charge in [0.2, 0.25) is 17.7 Å². The number of carbonyl (C=O) groups is 3. The first-order chi connectivity index (χ1) is 16.7. The van der Waals surface area contributed by atoms with Crippen molar-refractivity contribution in [3.63, 3.8) is 0 Å². The topological polar surface area (TPSA) is 117 Å². The van der Waals surface area contributed by atoms with E-state index in [1.807, 2.05) is 32.1 Å². The Bertz CT molecular complexity index is 1330. The van der Waals surface area contributed by atoms with Crippen LogP contribution in [0.5, 0.6) is 11.5 Å². The van der Waals surface area contributed by atoms with Crippen molar-refractivity contribution in [2.75, 3.05) is 11.9 Å². The minimum atomic E-state index is -1.48. The third-order valence-corrected chi connectivity index (χ3v) is 10.3. The van der Waals surface area contributed by atoms with E-state index in [0.717, 1.165) is 5.56 Å². The summed E-state index contributed by atoms with van der Waals surface area (Å²) in [6.45, 7) is 9.88. The summed E-state index contributed by atoms with van der Waals surface area (Å²) in [5.74, 6) is 0.189. The lowest BCUT2D eigenvalue weighted by Gasteiger charge is -2.62. The summed E-state index contributed by atoms with van der Waals surface area (Å²) in [5.41, 5.74) is -4.32. The van der Waals surface area contributed by atoms with Crippen LogP contribution in [0.3, 0.4) is 0 Å². The molecule has 8 rings (SSSR count). The van der Waals surface area contributed by atoms with Crippen LogP contribution in [-0.4, -0.2) is 56.6 Å². The van der Waals surface area contributed by atoms with Gasteiger partial charge in [0.15, 0.2) is 17.0 Å². The van der Waals surface area contributed by atoms with Crippen molar-refractivity contribution >= 4 is 23.4 Å². The number of hydrogen-bond donors (Lipinski definition) is 3. The lowest BCUT2D eigenvalue weighted by atomic mass is 9.56. The van der Waals surface area contributed by atoms with Gasteiger partial charge >= 0.3 is 0 Å². The number of ether oxygens (including phenoxy) is 2. The molecule has 9 heteroatoms. The highest BCUT2D eigenvalue weighted by atomic mass is 16.5. The molecule has 1 aromatic carbocycles. The van der Waals surface area contributed by atoms with Crippen LogP contribution in [0.25, 0.3) is 0 Å². The zero-order chi connectivity index (χ0) is 25.7. The highest BCUT2D eigenvalue weighted by Crippen LogP contribution is 2.71. The third kappa shape index (κ3) is 2.13. The summed E-state index contributed by atoms with van der Waals surface area (Å²) in [7, 11) is 0. The molecule has 1 aliphatic carbocycles. The number of rotatable bonds is 0. The molecule has 3 amide bonds. The van der Waals surface area contributed by atoms with Gasteiger partial charge in [-0.1, -0.05) is 19.9 Å². The van der Waals surface area contributed by atoms with Gasteiger partial charge in [-0.25, -0.2) is 0 Å². The molecular weight excluding hydrogens is 462 g/mol. The maximum atomic E-state index is 14.0. The maximum absolute atomic E-state index is 14.0. The van der Waals surface area contributed by atoms with E-state index < -0.39 is 33.1 Å². The number of anilines is 1. The van der Waals surface area contributed by atoms with Crippen LogP contribution in [0.15, 0.2) is 24.5 Å². The monoisotopic (exact) mass is 493 g/mol. The van der Waals surface area contributed by atoms with Gasteiger partial charge in [0, 0.05) is 6.54 Å². The summed E-state index contributed by atoms with van der Waals surface area (Å²) in [4.78, 5) is 42.2. The van der Waals surface area contributed by atoms with Crippen LogP contribution in [0, 0.1) is 11.3 Å². The molecule has 4 saturated heterocycles. The Balaban J connectivity index is 1.40. The molecule has 2 bridgehead atoms. The molecule has 3 N–H and O–H groups in total. The van der Waals surface area contributed by atoms with Crippen LogP contribution in [0.4, 0.5) is 5.69 Å². The second-order valence-electron chi connectivity index (χ2n) is 12.9. The fourth-order valence-corrected chi connectivity index (χ4v) is 8.54. The van der Waals surface area contributed by atoms with Crippen LogP contribution < -0.4 is 20.1 Å². The van der Waals surface area contributed by atoms with E-state index in [1.54, 1.807) is 18.1 Å². The Hall–Kier alpha value is -3.07. The molecule has 0 aromatic heterocycles. The number of amides is 3. The van der Waals surface area contributed by atoms with Crippen molar-refractivity contribution in [3.8, 4) is 11.5 Å². The molecule has 36 heavy (non-hydrogen) atoms. The highest BCUT2D eigenvalue weighted by molar-refractivity contribution is 6.10. The Morgan fingerprint density at radius 1 is 1.08 bits per heavy atom. The van der Waals surface area contributed by atoms with Gasteiger partial charge < -0.3 is 30.1 Å². The molecule has 1 saturated carbocycles. The minimum absolute atomic E-state index is 0.0779.